The molecule has 2 heterocycles. The van der Waals surface area contributed by atoms with E-state index in [4.69, 9.17) is 0 Å². The first kappa shape index (κ1) is 17.7. The van der Waals surface area contributed by atoms with Crippen LogP contribution in [0.2, 0.25) is 0 Å². The lowest BCUT2D eigenvalue weighted by atomic mass is 10.0. The average molecular weight is 375 g/mol. The highest BCUT2D eigenvalue weighted by molar-refractivity contribution is 7.99. The number of carbonyl (C=O) groups is 1. The minimum atomic E-state index is 0.116. The summed E-state index contributed by atoms with van der Waals surface area (Å²) in [6.45, 7) is 4.95. The molecule has 0 fully saturated rings. The number of nitrogens with zero attached hydrogens (tertiary/aromatic N) is 3. The highest BCUT2D eigenvalue weighted by atomic mass is 32.2. The summed E-state index contributed by atoms with van der Waals surface area (Å²) >= 11 is 1.43. The minimum absolute atomic E-state index is 0.116. The van der Waals surface area contributed by atoms with E-state index in [1.807, 2.05) is 35.2 Å². The van der Waals surface area contributed by atoms with Crippen molar-refractivity contribution in [3.05, 3.63) is 71.3 Å². The predicted molar refractivity (Wildman–Crippen MR) is 110 cm³/mol. The highest BCUT2D eigenvalue weighted by Crippen LogP contribution is 2.29. The second kappa shape index (κ2) is 7.53. The zero-order valence-corrected chi connectivity index (χ0v) is 16.3. The summed E-state index contributed by atoms with van der Waals surface area (Å²) in [5.41, 5.74) is 6.70. The van der Waals surface area contributed by atoms with E-state index in [1.54, 1.807) is 0 Å². The summed E-state index contributed by atoms with van der Waals surface area (Å²) < 4.78 is 0. The fourth-order valence-electron chi connectivity index (χ4n) is 3.26. The molecule has 0 saturated heterocycles. The molecule has 0 spiro atoms. The van der Waals surface area contributed by atoms with Gasteiger partial charge in [0.25, 0.3) is 0 Å². The Labute approximate surface area is 163 Å². The number of hydrogen-bond acceptors (Lipinski definition) is 4. The molecule has 136 valence electrons. The molecule has 0 unspecified atom stereocenters. The first-order chi connectivity index (χ1) is 13.1. The second-order valence-electron chi connectivity index (χ2n) is 6.77. The number of aromatic nitrogens is 2. The molecule has 1 aliphatic heterocycles. The molecule has 0 N–H and O–H groups in total. The molecule has 27 heavy (non-hydrogen) atoms. The lowest BCUT2D eigenvalue weighted by Gasteiger charge is -2.16. The third-order valence-corrected chi connectivity index (χ3v) is 5.88. The lowest BCUT2D eigenvalue weighted by Crippen LogP contribution is -2.30. The monoisotopic (exact) mass is 375 g/mol. The van der Waals surface area contributed by atoms with Crippen LogP contribution in [0.4, 0.5) is 5.69 Å². The van der Waals surface area contributed by atoms with Gasteiger partial charge in [-0.1, -0.05) is 42.1 Å². The minimum Gasteiger partial charge on any atom is -0.311 e. The normalized spacial score (nSPS) is 12.9. The van der Waals surface area contributed by atoms with Gasteiger partial charge in [0.2, 0.25) is 5.91 Å². The molecule has 4 nitrogen and oxygen atoms in total. The molecule has 0 saturated carbocycles. The van der Waals surface area contributed by atoms with Crippen molar-refractivity contribution < 1.29 is 4.79 Å². The Hall–Kier alpha value is -2.66. The maximum Gasteiger partial charge on any atom is 0.237 e. The topological polar surface area (TPSA) is 46.1 Å². The van der Waals surface area contributed by atoms with Crippen LogP contribution in [-0.4, -0.2) is 28.4 Å². The van der Waals surface area contributed by atoms with Gasteiger partial charge in [0.05, 0.1) is 11.4 Å². The van der Waals surface area contributed by atoms with Crippen molar-refractivity contribution in [3.63, 3.8) is 0 Å². The summed E-state index contributed by atoms with van der Waals surface area (Å²) in [5.74, 6) is 0.483. The molecule has 0 atom stereocenters. The van der Waals surface area contributed by atoms with Crippen molar-refractivity contribution in [1.29, 1.82) is 0 Å². The third kappa shape index (κ3) is 3.74. The molecule has 0 bridgehead atoms. The highest BCUT2D eigenvalue weighted by Gasteiger charge is 2.24. The summed E-state index contributed by atoms with van der Waals surface area (Å²) in [6, 6.07) is 18.3. The van der Waals surface area contributed by atoms with Crippen LogP contribution in [0.1, 0.15) is 16.7 Å². The number of anilines is 1. The zero-order chi connectivity index (χ0) is 18.8. The molecule has 4 rings (SSSR count). The van der Waals surface area contributed by atoms with Crippen LogP contribution < -0.4 is 4.90 Å². The molecule has 1 aromatic heterocycles. The number of amides is 1. The van der Waals surface area contributed by atoms with Crippen LogP contribution in [0, 0.1) is 13.8 Å². The SMILES string of the molecule is Cc1ccc(-c2ccc(SCC(=O)N3CCc4ccccc43)nn2)cc1C. The maximum atomic E-state index is 12.6. The van der Waals surface area contributed by atoms with Crippen LogP contribution >= 0.6 is 11.8 Å². The van der Waals surface area contributed by atoms with Gasteiger partial charge in [0.15, 0.2) is 0 Å². The average Bonchev–Trinajstić information content (AvgIpc) is 3.13. The second-order valence-corrected chi connectivity index (χ2v) is 7.76. The molecule has 1 aliphatic rings. The van der Waals surface area contributed by atoms with Gasteiger partial charge in [0, 0.05) is 17.8 Å². The number of benzene rings is 2. The van der Waals surface area contributed by atoms with E-state index in [-0.39, 0.29) is 5.91 Å². The van der Waals surface area contributed by atoms with Crippen LogP contribution in [0.15, 0.2) is 59.6 Å². The summed E-state index contributed by atoms with van der Waals surface area (Å²) in [6.07, 6.45) is 0.928. The van der Waals surface area contributed by atoms with Gasteiger partial charge in [-0.3, -0.25) is 4.79 Å². The van der Waals surface area contributed by atoms with E-state index in [9.17, 15) is 4.79 Å². The van der Waals surface area contributed by atoms with Crippen molar-refractivity contribution in [2.45, 2.75) is 25.3 Å². The molecular formula is C22H21N3OS. The molecule has 0 aliphatic carbocycles. The predicted octanol–water partition coefficient (Wildman–Crippen LogP) is 4.44. The van der Waals surface area contributed by atoms with Gasteiger partial charge >= 0.3 is 0 Å². The Kier molecular flexibility index (Phi) is 4.94. The van der Waals surface area contributed by atoms with Crippen LogP contribution in [0.25, 0.3) is 11.3 Å². The molecule has 1 amide bonds. The van der Waals surface area contributed by atoms with Crippen molar-refractivity contribution in [3.8, 4) is 11.3 Å². The van der Waals surface area contributed by atoms with Crippen LogP contribution in [0.3, 0.4) is 0 Å². The van der Waals surface area contributed by atoms with E-state index in [1.165, 1.54) is 28.5 Å². The number of rotatable bonds is 4. The van der Waals surface area contributed by atoms with Gasteiger partial charge in [-0.15, -0.1) is 10.2 Å². The third-order valence-electron chi connectivity index (χ3n) is 4.97. The van der Waals surface area contributed by atoms with Gasteiger partial charge in [-0.25, -0.2) is 0 Å². The van der Waals surface area contributed by atoms with Crippen molar-refractivity contribution >= 4 is 23.4 Å². The fraction of sp³-hybridized carbons (Fsp3) is 0.227. The number of carbonyl (C=O) groups excluding carboxylic acids is 1. The number of aryl methyl sites for hydroxylation is 2. The zero-order valence-electron chi connectivity index (χ0n) is 15.5. The first-order valence-corrected chi connectivity index (χ1v) is 10.0. The fourth-order valence-corrected chi connectivity index (χ4v) is 3.95. The van der Waals surface area contributed by atoms with E-state index in [2.05, 4.69) is 48.3 Å². The molecule has 3 aromatic rings. The van der Waals surface area contributed by atoms with E-state index in [0.717, 1.165) is 34.9 Å². The standard InChI is InChI=1S/C22H21N3OS/c1-15-7-8-18(13-16(15)2)19-9-10-21(24-23-19)27-14-22(26)25-12-11-17-5-3-4-6-20(17)25/h3-10,13H,11-12,14H2,1-2H3. The summed E-state index contributed by atoms with van der Waals surface area (Å²) in [7, 11) is 0. The lowest BCUT2D eigenvalue weighted by molar-refractivity contribution is -0.116. The smallest absolute Gasteiger partial charge is 0.237 e. The van der Waals surface area contributed by atoms with Crippen LogP contribution in [0.5, 0.6) is 0 Å². The van der Waals surface area contributed by atoms with Crippen molar-refractivity contribution in [2.75, 3.05) is 17.2 Å². The van der Waals surface area contributed by atoms with Crippen molar-refractivity contribution in [2.24, 2.45) is 0 Å². The Balaban J connectivity index is 1.40. The molecule has 2 aromatic carbocycles. The summed E-state index contributed by atoms with van der Waals surface area (Å²) in [4.78, 5) is 14.5. The van der Waals surface area contributed by atoms with Gasteiger partial charge in [-0.2, -0.15) is 0 Å². The molecule has 5 heteroatoms. The Bertz CT molecular complexity index is 985. The largest absolute Gasteiger partial charge is 0.311 e. The number of para-hydroxylation sites is 1. The molecular weight excluding hydrogens is 354 g/mol. The van der Waals surface area contributed by atoms with E-state index < -0.39 is 0 Å². The Morgan fingerprint density at radius 3 is 2.67 bits per heavy atom. The Morgan fingerprint density at radius 2 is 1.89 bits per heavy atom. The van der Waals surface area contributed by atoms with E-state index in [0.29, 0.717) is 5.75 Å². The van der Waals surface area contributed by atoms with Crippen LogP contribution in [-0.2, 0) is 11.2 Å². The first-order valence-electron chi connectivity index (χ1n) is 9.04. The van der Waals surface area contributed by atoms with Gasteiger partial charge in [-0.05, 0) is 61.2 Å². The summed E-state index contributed by atoms with van der Waals surface area (Å²) in [5, 5.41) is 9.39. The quantitative estimate of drug-likeness (QED) is 0.633. The number of fused-ring (bicyclic) bond motifs is 1. The maximum absolute atomic E-state index is 12.6. The van der Waals surface area contributed by atoms with Gasteiger partial charge in [0.1, 0.15) is 5.03 Å². The van der Waals surface area contributed by atoms with Crippen molar-refractivity contribution in [1.82, 2.24) is 10.2 Å². The number of hydrogen-bond donors (Lipinski definition) is 0. The number of thioether (sulfide) groups is 1. The molecule has 0 radical (unpaired) electrons. The Morgan fingerprint density at radius 1 is 1.04 bits per heavy atom. The van der Waals surface area contributed by atoms with Gasteiger partial charge < -0.3 is 4.90 Å². The van der Waals surface area contributed by atoms with E-state index >= 15 is 0 Å².